The summed E-state index contributed by atoms with van der Waals surface area (Å²) in [6.45, 7) is 2.79. The SMILES string of the molecule is COC(=O)C(C)(N)CC1CNC2CCCCC12. The van der Waals surface area contributed by atoms with Crippen LogP contribution in [0.5, 0.6) is 0 Å². The molecule has 0 aromatic heterocycles. The van der Waals surface area contributed by atoms with Gasteiger partial charge in [-0.15, -0.1) is 0 Å². The van der Waals surface area contributed by atoms with Gasteiger partial charge in [-0.2, -0.15) is 0 Å². The highest BCUT2D eigenvalue weighted by Crippen LogP contribution is 2.38. The number of rotatable bonds is 3. The molecule has 2 rings (SSSR count). The third-order valence-corrected chi connectivity index (χ3v) is 4.41. The molecule has 1 heterocycles. The molecule has 4 unspecified atom stereocenters. The molecule has 0 radical (unpaired) electrons. The summed E-state index contributed by atoms with van der Waals surface area (Å²) in [6.07, 6.45) is 5.94. The third-order valence-electron chi connectivity index (χ3n) is 4.41. The van der Waals surface area contributed by atoms with Gasteiger partial charge in [0.15, 0.2) is 0 Å². The fourth-order valence-electron chi connectivity index (χ4n) is 3.52. The van der Waals surface area contributed by atoms with E-state index in [1.54, 1.807) is 6.92 Å². The summed E-state index contributed by atoms with van der Waals surface area (Å²) in [5.74, 6) is 0.933. The van der Waals surface area contributed by atoms with E-state index in [0.29, 0.717) is 17.9 Å². The predicted molar refractivity (Wildman–Crippen MR) is 66.5 cm³/mol. The molecule has 1 saturated heterocycles. The number of nitrogens with two attached hydrogens (primary N) is 1. The zero-order valence-corrected chi connectivity index (χ0v) is 10.9. The summed E-state index contributed by atoms with van der Waals surface area (Å²) in [7, 11) is 1.41. The number of nitrogens with one attached hydrogen (secondary N) is 1. The predicted octanol–water partition coefficient (Wildman–Crippen LogP) is 1.05. The molecular formula is C13H24N2O2. The Hall–Kier alpha value is -0.610. The van der Waals surface area contributed by atoms with Crippen LogP contribution in [0.3, 0.4) is 0 Å². The van der Waals surface area contributed by atoms with Crippen molar-refractivity contribution in [2.45, 2.75) is 50.6 Å². The van der Waals surface area contributed by atoms with Crippen molar-refractivity contribution in [1.82, 2.24) is 5.32 Å². The van der Waals surface area contributed by atoms with Crippen molar-refractivity contribution in [2.24, 2.45) is 17.6 Å². The second kappa shape index (κ2) is 4.94. The molecule has 0 bridgehead atoms. The van der Waals surface area contributed by atoms with Crippen molar-refractivity contribution < 1.29 is 9.53 Å². The van der Waals surface area contributed by atoms with Crippen LogP contribution in [0, 0.1) is 11.8 Å². The molecule has 0 aromatic rings. The van der Waals surface area contributed by atoms with Crippen molar-refractivity contribution in [2.75, 3.05) is 13.7 Å². The highest BCUT2D eigenvalue weighted by Gasteiger charge is 2.42. The molecule has 0 amide bonds. The molecule has 2 aliphatic rings. The van der Waals surface area contributed by atoms with Gasteiger partial charge in [-0.3, -0.25) is 4.79 Å². The topological polar surface area (TPSA) is 64.3 Å². The molecule has 1 aliphatic carbocycles. The quantitative estimate of drug-likeness (QED) is 0.724. The Balaban J connectivity index is 1.97. The van der Waals surface area contributed by atoms with Crippen LogP contribution in [0.25, 0.3) is 0 Å². The molecule has 1 aliphatic heterocycles. The number of hydrogen-bond donors (Lipinski definition) is 2. The van der Waals surface area contributed by atoms with Gasteiger partial charge in [0.2, 0.25) is 0 Å². The van der Waals surface area contributed by atoms with E-state index in [2.05, 4.69) is 5.32 Å². The molecular weight excluding hydrogens is 216 g/mol. The van der Waals surface area contributed by atoms with Gasteiger partial charge in [0.25, 0.3) is 0 Å². The Morgan fingerprint density at radius 2 is 2.18 bits per heavy atom. The summed E-state index contributed by atoms with van der Waals surface area (Å²) in [6, 6.07) is 0.655. The maximum Gasteiger partial charge on any atom is 0.325 e. The lowest BCUT2D eigenvalue weighted by Crippen LogP contribution is -2.48. The van der Waals surface area contributed by atoms with Gasteiger partial charge in [0, 0.05) is 6.04 Å². The van der Waals surface area contributed by atoms with Crippen molar-refractivity contribution in [3.05, 3.63) is 0 Å². The lowest BCUT2D eigenvalue weighted by Gasteiger charge is -2.32. The second-order valence-corrected chi connectivity index (χ2v) is 5.84. The zero-order chi connectivity index (χ0) is 12.5. The van der Waals surface area contributed by atoms with Crippen LogP contribution in [0.4, 0.5) is 0 Å². The Morgan fingerprint density at radius 3 is 2.88 bits per heavy atom. The molecule has 1 saturated carbocycles. The highest BCUT2D eigenvalue weighted by atomic mass is 16.5. The number of esters is 1. The minimum absolute atomic E-state index is 0.295. The number of ether oxygens (including phenoxy) is 1. The van der Waals surface area contributed by atoms with Crippen LogP contribution < -0.4 is 11.1 Å². The molecule has 17 heavy (non-hydrogen) atoms. The standard InChI is InChI=1S/C13H24N2O2/c1-13(14,12(16)17-2)7-9-8-15-11-6-4-3-5-10(9)11/h9-11,15H,3-8,14H2,1-2H3. The van der Waals surface area contributed by atoms with Gasteiger partial charge in [-0.05, 0) is 44.6 Å². The maximum absolute atomic E-state index is 11.6. The second-order valence-electron chi connectivity index (χ2n) is 5.84. The van der Waals surface area contributed by atoms with Crippen LogP contribution in [0.1, 0.15) is 39.0 Å². The van der Waals surface area contributed by atoms with Crippen molar-refractivity contribution in [3.63, 3.8) is 0 Å². The largest absolute Gasteiger partial charge is 0.468 e. The molecule has 3 N–H and O–H groups in total. The van der Waals surface area contributed by atoms with E-state index in [0.717, 1.165) is 13.0 Å². The molecule has 4 nitrogen and oxygen atoms in total. The van der Waals surface area contributed by atoms with Crippen LogP contribution in [0.2, 0.25) is 0 Å². The molecule has 4 atom stereocenters. The summed E-state index contributed by atoms with van der Waals surface area (Å²) in [5.41, 5.74) is 5.23. The first-order valence-electron chi connectivity index (χ1n) is 6.65. The van der Waals surface area contributed by atoms with E-state index >= 15 is 0 Å². The van der Waals surface area contributed by atoms with Crippen molar-refractivity contribution >= 4 is 5.97 Å². The van der Waals surface area contributed by atoms with E-state index in [1.807, 2.05) is 0 Å². The van der Waals surface area contributed by atoms with Gasteiger partial charge in [0.05, 0.1) is 7.11 Å². The van der Waals surface area contributed by atoms with Crippen LogP contribution in [-0.4, -0.2) is 31.2 Å². The zero-order valence-electron chi connectivity index (χ0n) is 10.9. The third kappa shape index (κ3) is 2.63. The number of methoxy groups -OCH3 is 1. The fourth-order valence-corrected chi connectivity index (χ4v) is 3.52. The Kier molecular flexibility index (Phi) is 3.73. The number of carbonyl (C=O) groups excluding carboxylic acids is 1. The smallest absolute Gasteiger partial charge is 0.325 e. The summed E-state index contributed by atoms with van der Waals surface area (Å²) in [4.78, 5) is 11.6. The van der Waals surface area contributed by atoms with E-state index < -0.39 is 5.54 Å². The Labute approximate surface area is 103 Å². The van der Waals surface area contributed by atoms with Gasteiger partial charge < -0.3 is 15.8 Å². The molecule has 0 aromatic carbocycles. The Morgan fingerprint density at radius 1 is 1.47 bits per heavy atom. The minimum atomic E-state index is -0.840. The molecule has 98 valence electrons. The normalized spacial score (nSPS) is 36.1. The lowest BCUT2D eigenvalue weighted by molar-refractivity contribution is -0.147. The van der Waals surface area contributed by atoms with E-state index in [9.17, 15) is 4.79 Å². The minimum Gasteiger partial charge on any atom is -0.468 e. The number of carbonyl (C=O) groups is 1. The van der Waals surface area contributed by atoms with Gasteiger partial charge in [-0.1, -0.05) is 12.8 Å². The lowest BCUT2D eigenvalue weighted by atomic mass is 9.75. The number of fused-ring (bicyclic) bond motifs is 1. The monoisotopic (exact) mass is 240 g/mol. The van der Waals surface area contributed by atoms with Gasteiger partial charge in [0.1, 0.15) is 5.54 Å². The summed E-state index contributed by atoms with van der Waals surface area (Å²) < 4.78 is 4.78. The molecule has 0 spiro atoms. The van der Waals surface area contributed by atoms with E-state index in [1.165, 1.54) is 32.8 Å². The summed E-state index contributed by atoms with van der Waals surface area (Å²) >= 11 is 0. The highest BCUT2D eigenvalue weighted by molar-refractivity contribution is 5.79. The average Bonchev–Trinajstić information content (AvgIpc) is 2.71. The Bertz CT molecular complexity index is 291. The first-order valence-corrected chi connectivity index (χ1v) is 6.65. The molecule has 4 heteroatoms. The first kappa shape index (κ1) is 12.8. The van der Waals surface area contributed by atoms with E-state index in [4.69, 9.17) is 10.5 Å². The van der Waals surface area contributed by atoms with E-state index in [-0.39, 0.29) is 5.97 Å². The van der Waals surface area contributed by atoms with Gasteiger partial charge in [-0.25, -0.2) is 0 Å². The number of hydrogen-bond acceptors (Lipinski definition) is 4. The van der Waals surface area contributed by atoms with Crippen LogP contribution in [0.15, 0.2) is 0 Å². The van der Waals surface area contributed by atoms with Gasteiger partial charge >= 0.3 is 5.97 Å². The van der Waals surface area contributed by atoms with Crippen LogP contribution >= 0.6 is 0 Å². The molecule has 2 fully saturated rings. The maximum atomic E-state index is 11.6. The average molecular weight is 240 g/mol. The first-order chi connectivity index (χ1) is 8.04. The summed E-state index contributed by atoms with van der Waals surface area (Å²) in [5, 5.41) is 3.58. The van der Waals surface area contributed by atoms with Crippen molar-refractivity contribution in [3.8, 4) is 0 Å². The van der Waals surface area contributed by atoms with Crippen molar-refractivity contribution in [1.29, 1.82) is 0 Å². The fraction of sp³-hybridized carbons (Fsp3) is 0.923. The van der Waals surface area contributed by atoms with Crippen LogP contribution in [-0.2, 0) is 9.53 Å².